The second kappa shape index (κ2) is 5.89. The second-order valence-electron chi connectivity index (χ2n) is 5.12. The van der Waals surface area contributed by atoms with E-state index in [-0.39, 0.29) is 23.8 Å². The van der Waals surface area contributed by atoms with Gasteiger partial charge >= 0.3 is 0 Å². The van der Waals surface area contributed by atoms with Gasteiger partial charge in [-0.3, -0.25) is 0 Å². The first-order valence-electron chi connectivity index (χ1n) is 6.53. The van der Waals surface area contributed by atoms with E-state index in [0.717, 1.165) is 25.8 Å². The molecule has 1 aliphatic rings. The van der Waals surface area contributed by atoms with Gasteiger partial charge in [-0.25, -0.2) is 4.39 Å². The Morgan fingerprint density at radius 1 is 1.30 bits per heavy atom. The lowest BCUT2D eigenvalue weighted by Gasteiger charge is -2.31. The smallest absolute Gasteiger partial charge is 0.246 e. The molecular formula is C14H17ClFN3O. The second-order valence-corrected chi connectivity index (χ2v) is 5.12. The maximum Gasteiger partial charge on any atom is 0.246 e. The van der Waals surface area contributed by atoms with E-state index in [4.69, 9.17) is 4.52 Å². The summed E-state index contributed by atoms with van der Waals surface area (Å²) in [5.74, 6) is 0.503. The Bertz CT molecular complexity index is 581. The highest BCUT2D eigenvalue weighted by Gasteiger charge is 2.34. The summed E-state index contributed by atoms with van der Waals surface area (Å²) < 4.78 is 19.0. The van der Waals surface area contributed by atoms with E-state index in [9.17, 15) is 4.39 Å². The number of aromatic nitrogens is 2. The molecule has 0 radical (unpaired) electrons. The molecule has 108 valence electrons. The van der Waals surface area contributed by atoms with Crippen LogP contribution in [-0.2, 0) is 5.54 Å². The van der Waals surface area contributed by atoms with E-state index in [1.807, 2.05) is 6.92 Å². The Morgan fingerprint density at radius 3 is 2.80 bits per heavy atom. The molecule has 2 aromatic rings. The van der Waals surface area contributed by atoms with Gasteiger partial charge in [-0.15, -0.1) is 12.4 Å². The maximum absolute atomic E-state index is 13.7. The highest BCUT2D eigenvalue weighted by atomic mass is 35.5. The third-order valence-electron chi connectivity index (χ3n) is 3.63. The van der Waals surface area contributed by atoms with Gasteiger partial charge in [0.1, 0.15) is 5.82 Å². The molecule has 1 fully saturated rings. The normalized spacial score (nSPS) is 22.3. The van der Waals surface area contributed by atoms with Crippen molar-refractivity contribution >= 4 is 12.4 Å². The van der Waals surface area contributed by atoms with Crippen molar-refractivity contribution in [3.05, 3.63) is 36.0 Å². The minimum Gasteiger partial charge on any atom is -0.337 e. The average molecular weight is 298 g/mol. The quantitative estimate of drug-likeness (QED) is 0.924. The van der Waals surface area contributed by atoms with Gasteiger partial charge in [0.25, 0.3) is 0 Å². The van der Waals surface area contributed by atoms with Crippen LogP contribution in [0.3, 0.4) is 0 Å². The van der Waals surface area contributed by atoms with Crippen LogP contribution in [0.4, 0.5) is 4.39 Å². The zero-order chi connectivity index (χ0) is 13.3. The monoisotopic (exact) mass is 297 g/mol. The molecule has 0 saturated carbocycles. The lowest BCUT2D eigenvalue weighted by molar-refractivity contribution is 0.207. The minimum absolute atomic E-state index is 0. The van der Waals surface area contributed by atoms with E-state index in [1.54, 1.807) is 18.2 Å². The fourth-order valence-electron chi connectivity index (χ4n) is 2.44. The molecule has 0 aliphatic carbocycles. The van der Waals surface area contributed by atoms with Crippen molar-refractivity contribution in [2.24, 2.45) is 0 Å². The summed E-state index contributed by atoms with van der Waals surface area (Å²) in [6, 6.07) is 6.45. The van der Waals surface area contributed by atoms with Crippen LogP contribution in [0.1, 0.15) is 32.1 Å². The fraction of sp³-hybridized carbons (Fsp3) is 0.429. The molecule has 1 aromatic carbocycles. The van der Waals surface area contributed by atoms with Crippen molar-refractivity contribution < 1.29 is 8.91 Å². The van der Waals surface area contributed by atoms with E-state index in [1.165, 1.54) is 6.07 Å². The summed E-state index contributed by atoms with van der Waals surface area (Å²) in [4.78, 5) is 4.36. The molecule has 0 spiro atoms. The van der Waals surface area contributed by atoms with Crippen LogP contribution in [0.15, 0.2) is 28.8 Å². The van der Waals surface area contributed by atoms with Crippen molar-refractivity contribution in [1.82, 2.24) is 15.5 Å². The number of nitrogens with zero attached hydrogens (tertiary/aromatic N) is 2. The molecule has 1 atom stereocenters. The van der Waals surface area contributed by atoms with Crippen molar-refractivity contribution in [3.8, 4) is 11.4 Å². The molecule has 1 saturated heterocycles. The molecular weight excluding hydrogens is 281 g/mol. The van der Waals surface area contributed by atoms with Crippen LogP contribution in [-0.4, -0.2) is 16.7 Å². The van der Waals surface area contributed by atoms with Gasteiger partial charge < -0.3 is 9.84 Å². The number of rotatable bonds is 2. The van der Waals surface area contributed by atoms with E-state index in [0.29, 0.717) is 17.3 Å². The maximum atomic E-state index is 13.7. The van der Waals surface area contributed by atoms with Crippen molar-refractivity contribution in [1.29, 1.82) is 0 Å². The Kier molecular flexibility index (Phi) is 4.40. The lowest BCUT2D eigenvalue weighted by Crippen LogP contribution is -2.43. The number of nitrogens with one attached hydrogen (secondary N) is 1. The van der Waals surface area contributed by atoms with Gasteiger partial charge in [-0.05, 0) is 44.9 Å². The van der Waals surface area contributed by atoms with Crippen LogP contribution < -0.4 is 5.32 Å². The molecule has 1 N–H and O–H groups in total. The van der Waals surface area contributed by atoms with Gasteiger partial charge in [0.2, 0.25) is 11.7 Å². The number of hydrogen-bond acceptors (Lipinski definition) is 4. The molecule has 1 aromatic heterocycles. The largest absolute Gasteiger partial charge is 0.337 e. The first kappa shape index (κ1) is 14.9. The van der Waals surface area contributed by atoms with Crippen molar-refractivity contribution in [2.45, 2.75) is 31.7 Å². The predicted octanol–water partition coefficient (Wildman–Crippen LogP) is 3.29. The van der Waals surface area contributed by atoms with Crippen LogP contribution in [0.2, 0.25) is 0 Å². The Morgan fingerprint density at radius 2 is 2.10 bits per heavy atom. The highest BCUT2D eigenvalue weighted by molar-refractivity contribution is 5.85. The third kappa shape index (κ3) is 2.69. The molecule has 0 bridgehead atoms. The van der Waals surface area contributed by atoms with Crippen LogP contribution in [0, 0.1) is 5.82 Å². The molecule has 6 heteroatoms. The minimum atomic E-state index is -0.336. The van der Waals surface area contributed by atoms with E-state index < -0.39 is 0 Å². The molecule has 4 nitrogen and oxygen atoms in total. The number of piperidine rings is 1. The molecule has 1 unspecified atom stereocenters. The summed E-state index contributed by atoms with van der Waals surface area (Å²) in [6.07, 6.45) is 3.23. The number of hydrogen-bond donors (Lipinski definition) is 1. The zero-order valence-corrected chi connectivity index (χ0v) is 12.0. The Hall–Kier alpha value is -1.46. The standard InChI is InChI=1S/C14H16FN3O.ClH/c1-14(8-4-5-9-16-14)13-17-12(18-19-13)10-6-2-3-7-11(10)15;/h2-3,6-7,16H,4-5,8-9H2,1H3;1H. The van der Waals surface area contributed by atoms with Crippen LogP contribution in [0.25, 0.3) is 11.4 Å². The van der Waals surface area contributed by atoms with Crippen LogP contribution >= 0.6 is 12.4 Å². The van der Waals surface area contributed by atoms with Crippen LogP contribution in [0.5, 0.6) is 0 Å². The van der Waals surface area contributed by atoms with Gasteiger partial charge in [-0.1, -0.05) is 17.3 Å². The number of benzene rings is 1. The van der Waals surface area contributed by atoms with Gasteiger partial charge in [0, 0.05) is 0 Å². The van der Waals surface area contributed by atoms with Gasteiger partial charge in [0.05, 0.1) is 11.1 Å². The van der Waals surface area contributed by atoms with Gasteiger partial charge in [0.15, 0.2) is 0 Å². The topological polar surface area (TPSA) is 51.0 Å². The first-order valence-corrected chi connectivity index (χ1v) is 6.53. The average Bonchev–Trinajstić information content (AvgIpc) is 2.90. The first-order chi connectivity index (χ1) is 9.19. The van der Waals surface area contributed by atoms with Gasteiger partial charge in [-0.2, -0.15) is 4.98 Å². The summed E-state index contributed by atoms with van der Waals surface area (Å²) in [5.41, 5.74) is 0.0753. The molecule has 3 rings (SSSR count). The Balaban J connectivity index is 0.00000147. The summed E-state index contributed by atoms with van der Waals surface area (Å²) in [6.45, 7) is 2.98. The third-order valence-corrected chi connectivity index (χ3v) is 3.63. The molecule has 20 heavy (non-hydrogen) atoms. The fourth-order valence-corrected chi connectivity index (χ4v) is 2.44. The number of halogens is 2. The summed E-state index contributed by atoms with van der Waals surface area (Å²) >= 11 is 0. The SMILES string of the molecule is CC1(c2nc(-c3ccccc3F)no2)CCCCN1.Cl. The molecule has 2 heterocycles. The van der Waals surface area contributed by atoms with Crippen molar-refractivity contribution in [2.75, 3.05) is 6.54 Å². The molecule has 0 amide bonds. The highest BCUT2D eigenvalue weighted by Crippen LogP contribution is 2.30. The van der Waals surface area contributed by atoms with E-state index >= 15 is 0 Å². The lowest BCUT2D eigenvalue weighted by atomic mass is 9.91. The predicted molar refractivity (Wildman–Crippen MR) is 76.1 cm³/mol. The van der Waals surface area contributed by atoms with E-state index in [2.05, 4.69) is 15.5 Å². The summed E-state index contributed by atoms with van der Waals surface area (Å²) in [5, 5.41) is 7.30. The Labute approximate surface area is 123 Å². The summed E-state index contributed by atoms with van der Waals surface area (Å²) in [7, 11) is 0. The zero-order valence-electron chi connectivity index (χ0n) is 11.2. The molecule has 1 aliphatic heterocycles. The van der Waals surface area contributed by atoms with Crippen molar-refractivity contribution in [3.63, 3.8) is 0 Å².